The fourth-order valence-electron chi connectivity index (χ4n) is 2.47. The van der Waals surface area contributed by atoms with Gasteiger partial charge in [0.05, 0.1) is 4.88 Å². The van der Waals surface area contributed by atoms with Crippen LogP contribution in [-0.4, -0.2) is 16.1 Å². The molecule has 2 nitrogen and oxygen atoms in total. The largest absolute Gasteiger partial charge is 0.615 e. The third-order valence-corrected chi connectivity index (χ3v) is 6.06. The first-order chi connectivity index (χ1) is 11.3. The molecular formula is C19H16O2S2. The minimum absolute atomic E-state index is 0.0367. The molecule has 0 fully saturated rings. The summed E-state index contributed by atoms with van der Waals surface area (Å²) in [7, 11) is 0. The van der Waals surface area contributed by atoms with Crippen LogP contribution in [0.4, 0.5) is 0 Å². The highest BCUT2D eigenvalue weighted by Gasteiger charge is 2.29. The summed E-state index contributed by atoms with van der Waals surface area (Å²) in [5.74, 6) is -0.0233. The van der Waals surface area contributed by atoms with Gasteiger partial charge in [0, 0.05) is 11.1 Å². The highest BCUT2D eigenvalue weighted by atomic mass is 32.2. The second-order valence-electron chi connectivity index (χ2n) is 5.13. The van der Waals surface area contributed by atoms with Crippen LogP contribution in [-0.2, 0) is 11.2 Å². The average Bonchev–Trinajstić information content (AvgIpc) is 3.12. The summed E-state index contributed by atoms with van der Waals surface area (Å²) in [6.45, 7) is 0. The minimum atomic E-state index is -1.32. The van der Waals surface area contributed by atoms with Crippen LogP contribution in [0.5, 0.6) is 0 Å². The van der Waals surface area contributed by atoms with Gasteiger partial charge in [-0.25, -0.2) is 0 Å². The van der Waals surface area contributed by atoms with Gasteiger partial charge in [0.1, 0.15) is 0 Å². The molecule has 0 spiro atoms. The smallest absolute Gasteiger partial charge is 0.221 e. The van der Waals surface area contributed by atoms with Crippen molar-refractivity contribution in [3.05, 3.63) is 94.2 Å². The summed E-state index contributed by atoms with van der Waals surface area (Å²) in [6, 6.07) is 23.1. The highest BCUT2D eigenvalue weighted by molar-refractivity contribution is 7.92. The topological polar surface area (TPSA) is 40.1 Å². The standard InChI is InChI=1S/C19H16O2S2/c20-17(18-12-7-13-22-18)14-23(21)19(15-8-3-1-4-9-15)16-10-5-2-6-11-16/h1-13,19H,14H2. The van der Waals surface area contributed by atoms with Crippen LogP contribution in [0.3, 0.4) is 0 Å². The lowest BCUT2D eigenvalue weighted by Crippen LogP contribution is -2.23. The second-order valence-corrected chi connectivity index (χ2v) is 7.60. The number of thiophene rings is 1. The van der Waals surface area contributed by atoms with Crippen molar-refractivity contribution in [3.8, 4) is 0 Å². The number of hydrogen-bond acceptors (Lipinski definition) is 3. The molecule has 4 heteroatoms. The van der Waals surface area contributed by atoms with Crippen molar-refractivity contribution in [3.63, 3.8) is 0 Å². The summed E-state index contributed by atoms with van der Waals surface area (Å²) in [5, 5.41) is 1.57. The van der Waals surface area contributed by atoms with Crippen molar-refractivity contribution in [2.24, 2.45) is 0 Å². The Hall–Kier alpha value is -1.88. The van der Waals surface area contributed by atoms with Gasteiger partial charge in [-0.1, -0.05) is 66.7 Å². The molecule has 3 aromatic rings. The van der Waals surface area contributed by atoms with E-state index in [4.69, 9.17) is 0 Å². The summed E-state index contributed by atoms with van der Waals surface area (Å²) in [6.07, 6.45) is 0. The molecule has 1 aromatic heterocycles. The number of carbonyl (C=O) groups is 1. The molecule has 0 radical (unpaired) electrons. The van der Waals surface area contributed by atoms with E-state index in [1.54, 1.807) is 6.07 Å². The molecule has 0 amide bonds. The van der Waals surface area contributed by atoms with Gasteiger partial charge in [0.2, 0.25) is 5.78 Å². The molecule has 1 atom stereocenters. The first-order valence-corrected chi connectivity index (χ1v) is 9.55. The van der Waals surface area contributed by atoms with E-state index < -0.39 is 11.2 Å². The van der Waals surface area contributed by atoms with Gasteiger partial charge in [0.25, 0.3) is 0 Å². The number of Topliss-reactive ketones (excluding diaryl/α,β-unsaturated/α-hetero) is 1. The van der Waals surface area contributed by atoms with Crippen molar-refractivity contribution in [2.75, 3.05) is 5.75 Å². The van der Waals surface area contributed by atoms with E-state index in [9.17, 15) is 9.35 Å². The maximum absolute atomic E-state index is 12.9. The maximum Gasteiger partial charge on any atom is 0.221 e. The van der Waals surface area contributed by atoms with Crippen LogP contribution in [0.25, 0.3) is 0 Å². The van der Waals surface area contributed by atoms with Gasteiger partial charge >= 0.3 is 0 Å². The molecule has 3 rings (SSSR count). The van der Waals surface area contributed by atoms with Crippen molar-refractivity contribution in [2.45, 2.75) is 5.25 Å². The zero-order chi connectivity index (χ0) is 16.1. The minimum Gasteiger partial charge on any atom is -0.615 e. The highest BCUT2D eigenvalue weighted by Crippen LogP contribution is 2.31. The maximum atomic E-state index is 12.9. The van der Waals surface area contributed by atoms with E-state index in [1.807, 2.05) is 72.1 Å². The summed E-state index contributed by atoms with van der Waals surface area (Å²) < 4.78 is 12.9. The van der Waals surface area contributed by atoms with Gasteiger partial charge in [-0.15, -0.1) is 11.3 Å². The van der Waals surface area contributed by atoms with Crippen LogP contribution in [0.2, 0.25) is 0 Å². The van der Waals surface area contributed by atoms with Crippen molar-refractivity contribution in [1.29, 1.82) is 0 Å². The van der Waals surface area contributed by atoms with Crippen molar-refractivity contribution < 1.29 is 9.35 Å². The van der Waals surface area contributed by atoms with Crippen LogP contribution >= 0.6 is 11.3 Å². The Morgan fingerprint density at radius 2 is 1.48 bits per heavy atom. The molecule has 0 aliphatic rings. The van der Waals surface area contributed by atoms with E-state index in [0.29, 0.717) is 4.88 Å². The number of rotatable bonds is 6. The van der Waals surface area contributed by atoms with E-state index >= 15 is 0 Å². The SMILES string of the molecule is O=C(C[S+]([O-])C(c1ccccc1)c1ccccc1)c1cccs1. The number of ketones is 1. The first-order valence-electron chi connectivity index (χ1n) is 7.29. The van der Waals surface area contributed by atoms with Crippen LogP contribution in [0, 0.1) is 0 Å². The molecule has 2 aromatic carbocycles. The van der Waals surface area contributed by atoms with Gasteiger partial charge < -0.3 is 4.55 Å². The first kappa shape index (κ1) is 16.0. The lowest BCUT2D eigenvalue weighted by Gasteiger charge is -2.22. The lowest BCUT2D eigenvalue weighted by atomic mass is 10.0. The van der Waals surface area contributed by atoms with Crippen LogP contribution in [0.15, 0.2) is 78.2 Å². The van der Waals surface area contributed by atoms with Gasteiger partial charge in [-0.05, 0) is 22.6 Å². The molecule has 0 bridgehead atoms. The molecule has 0 saturated heterocycles. The Morgan fingerprint density at radius 3 is 1.96 bits per heavy atom. The molecule has 0 N–H and O–H groups in total. The summed E-state index contributed by atoms with van der Waals surface area (Å²) in [4.78, 5) is 13.0. The van der Waals surface area contributed by atoms with Crippen LogP contribution < -0.4 is 0 Å². The fraction of sp³-hybridized carbons (Fsp3) is 0.105. The Bertz CT molecular complexity index is 700. The number of hydrogen-bond donors (Lipinski definition) is 0. The predicted octanol–water partition coefficient (Wildman–Crippen LogP) is 4.47. The molecular weight excluding hydrogens is 324 g/mol. The zero-order valence-corrected chi connectivity index (χ0v) is 14.1. The molecule has 23 heavy (non-hydrogen) atoms. The van der Waals surface area contributed by atoms with Gasteiger partial charge in [-0.3, -0.25) is 4.79 Å². The van der Waals surface area contributed by atoms with Crippen molar-refractivity contribution in [1.82, 2.24) is 0 Å². The van der Waals surface area contributed by atoms with Gasteiger partial charge in [-0.2, -0.15) is 0 Å². The van der Waals surface area contributed by atoms with Crippen molar-refractivity contribution >= 4 is 28.3 Å². The molecule has 0 saturated carbocycles. The van der Waals surface area contributed by atoms with Crippen LogP contribution in [0.1, 0.15) is 26.0 Å². The van der Waals surface area contributed by atoms with E-state index in [0.717, 1.165) is 11.1 Å². The zero-order valence-electron chi connectivity index (χ0n) is 12.4. The Balaban J connectivity index is 1.88. The summed E-state index contributed by atoms with van der Waals surface area (Å²) in [5.41, 5.74) is 1.94. The summed E-state index contributed by atoms with van der Waals surface area (Å²) >= 11 is 0.0750. The van der Waals surface area contributed by atoms with E-state index in [-0.39, 0.29) is 16.8 Å². The monoisotopic (exact) mass is 340 g/mol. The predicted molar refractivity (Wildman–Crippen MR) is 96.4 cm³/mol. The Kier molecular flexibility index (Phi) is 5.28. The third-order valence-electron chi connectivity index (χ3n) is 3.54. The lowest BCUT2D eigenvalue weighted by molar-refractivity contribution is 0.102. The second kappa shape index (κ2) is 7.59. The molecule has 116 valence electrons. The number of carbonyl (C=O) groups excluding carboxylic acids is 1. The average molecular weight is 340 g/mol. The quantitative estimate of drug-likeness (QED) is 0.491. The molecule has 0 aliphatic carbocycles. The van der Waals surface area contributed by atoms with E-state index in [1.165, 1.54) is 11.3 Å². The van der Waals surface area contributed by atoms with E-state index in [2.05, 4.69) is 0 Å². The third kappa shape index (κ3) is 3.91. The number of benzene rings is 2. The fourth-order valence-corrected chi connectivity index (χ4v) is 4.73. The Labute approximate surface area is 143 Å². The Morgan fingerprint density at radius 1 is 0.913 bits per heavy atom. The van der Waals surface area contributed by atoms with Gasteiger partial charge in [0.15, 0.2) is 11.0 Å². The molecule has 0 aliphatic heterocycles. The molecule has 1 heterocycles. The normalized spacial score (nSPS) is 12.3. The molecule has 1 unspecified atom stereocenters.